The van der Waals surface area contributed by atoms with Crippen LogP contribution in [0.15, 0.2) is 60.5 Å². The molecule has 9 rings (SSSR count). The molecule has 0 radical (unpaired) electrons. The monoisotopic (exact) mass is 807 g/mol. The predicted molar refractivity (Wildman–Crippen MR) is 224 cm³/mol. The van der Waals surface area contributed by atoms with E-state index >= 15 is 4.39 Å². The number of hydrogen-bond acceptors (Lipinski definition) is 9. The van der Waals surface area contributed by atoms with E-state index in [1.165, 1.54) is 67.4 Å². The van der Waals surface area contributed by atoms with Gasteiger partial charge in [-0.2, -0.15) is 5.10 Å². The molecule has 3 aliphatic heterocycles. The Labute approximate surface area is 343 Å². The van der Waals surface area contributed by atoms with Crippen LogP contribution in [0.2, 0.25) is 0 Å². The average molecular weight is 808 g/mol. The van der Waals surface area contributed by atoms with Crippen molar-refractivity contribution in [2.75, 3.05) is 49.5 Å². The van der Waals surface area contributed by atoms with Crippen LogP contribution in [0.25, 0.3) is 22.0 Å². The van der Waals surface area contributed by atoms with Crippen molar-refractivity contribution in [2.24, 2.45) is 0 Å². The second-order valence-corrected chi connectivity index (χ2v) is 17.7. The van der Waals surface area contributed by atoms with E-state index in [2.05, 4.69) is 34.8 Å². The van der Waals surface area contributed by atoms with Crippen LogP contribution in [0, 0.1) is 5.82 Å². The molecule has 306 valence electrons. The summed E-state index contributed by atoms with van der Waals surface area (Å²) in [5, 5.41) is 21.9. The van der Waals surface area contributed by atoms with E-state index in [9.17, 15) is 14.7 Å². The zero-order valence-electron chi connectivity index (χ0n) is 33.2. The average Bonchev–Trinajstić information content (AvgIpc) is 4.07. The van der Waals surface area contributed by atoms with Crippen LogP contribution in [-0.2, 0) is 22.6 Å². The lowest BCUT2D eigenvalue weighted by Gasteiger charge is -2.43. The summed E-state index contributed by atoms with van der Waals surface area (Å²) < 4.78 is 19.9. The standard InChI is InChI=1S/C44H54FN9O3S/c45-38-35(16-13-32-29-54(49-39(32)38)41(42(56)48-43-46-19-27-58-43)40-36-10-7-20-53(36)30-47-40)31-11-14-34(15-12-31)51-23-25-52(26-24-51)37(55)28-44(57)17-21-50(22-18-44)33-8-5-3-1-2-4-6-9-33/h11-16,19,27,29-30,33,41,57H,1-10,17-18,20-26,28H2,(H,46,48,56). The molecule has 0 bridgehead atoms. The first-order chi connectivity index (χ1) is 28.3. The molecule has 1 aliphatic carbocycles. The zero-order valence-corrected chi connectivity index (χ0v) is 34.0. The highest BCUT2D eigenvalue weighted by atomic mass is 32.1. The predicted octanol–water partition coefficient (Wildman–Crippen LogP) is 7.04. The van der Waals surface area contributed by atoms with E-state index < -0.39 is 17.5 Å². The molecular weight excluding hydrogens is 754 g/mol. The minimum atomic E-state index is -0.923. The number of imidazole rings is 1. The number of likely N-dealkylation sites (tertiary alicyclic amines) is 1. The summed E-state index contributed by atoms with van der Waals surface area (Å²) in [5.74, 6) is -0.740. The van der Waals surface area contributed by atoms with Gasteiger partial charge in [-0.1, -0.05) is 62.8 Å². The molecule has 3 fully saturated rings. The lowest BCUT2D eigenvalue weighted by Crippen LogP contribution is -2.53. The number of aryl methyl sites for hydroxylation is 1. The molecule has 0 spiro atoms. The van der Waals surface area contributed by atoms with Crippen molar-refractivity contribution in [3.63, 3.8) is 0 Å². The van der Waals surface area contributed by atoms with Gasteiger partial charge >= 0.3 is 0 Å². The summed E-state index contributed by atoms with van der Waals surface area (Å²) in [6, 6.07) is 11.2. The Hall–Kier alpha value is -4.66. The SMILES string of the molecule is O=C(Nc1nccs1)C(c1ncn2c1CCC2)n1cc2ccc(-c3ccc(N4CCN(C(=O)CC5(O)CCN(C6CCCCCCCC6)CC5)CC4)cc3)c(F)c2n1. The van der Waals surface area contributed by atoms with Crippen molar-refractivity contribution in [1.82, 2.24) is 34.1 Å². The van der Waals surface area contributed by atoms with Crippen molar-refractivity contribution < 1.29 is 19.1 Å². The minimum Gasteiger partial charge on any atom is -0.389 e. The van der Waals surface area contributed by atoms with Crippen molar-refractivity contribution in [3.8, 4) is 11.1 Å². The molecule has 1 saturated carbocycles. The van der Waals surface area contributed by atoms with Gasteiger partial charge in [0.15, 0.2) is 17.0 Å². The Morgan fingerprint density at radius 1 is 0.897 bits per heavy atom. The number of halogens is 1. The quantitative estimate of drug-likeness (QED) is 0.163. The second-order valence-electron chi connectivity index (χ2n) is 16.8. The van der Waals surface area contributed by atoms with E-state index in [4.69, 9.17) is 0 Å². The van der Waals surface area contributed by atoms with Gasteiger partial charge in [0.2, 0.25) is 5.91 Å². The van der Waals surface area contributed by atoms with Gasteiger partial charge in [-0.3, -0.25) is 19.6 Å². The Morgan fingerprint density at radius 2 is 1.64 bits per heavy atom. The van der Waals surface area contributed by atoms with Gasteiger partial charge < -0.3 is 24.4 Å². The molecular formula is C44H54FN9O3S. The summed E-state index contributed by atoms with van der Waals surface area (Å²) in [5.41, 5.74) is 3.03. The van der Waals surface area contributed by atoms with Crippen LogP contribution < -0.4 is 10.2 Å². The number of carbonyl (C=O) groups is 2. The molecule has 6 heterocycles. The lowest BCUT2D eigenvalue weighted by molar-refractivity contribution is -0.139. The molecule has 4 aliphatic rings. The Bertz CT molecular complexity index is 2190. The fourth-order valence-corrected chi connectivity index (χ4v) is 10.2. The fourth-order valence-electron chi connectivity index (χ4n) is 9.71. The molecule has 1 unspecified atom stereocenters. The molecule has 3 aromatic heterocycles. The number of thiazole rings is 1. The number of amides is 2. The maximum Gasteiger partial charge on any atom is 0.257 e. The molecule has 58 heavy (non-hydrogen) atoms. The summed E-state index contributed by atoms with van der Waals surface area (Å²) in [7, 11) is 0. The third-order valence-electron chi connectivity index (χ3n) is 13.1. The number of benzene rings is 2. The summed E-state index contributed by atoms with van der Waals surface area (Å²) in [4.78, 5) is 42.8. The van der Waals surface area contributed by atoms with Crippen molar-refractivity contribution in [3.05, 3.63) is 77.7 Å². The van der Waals surface area contributed by atoms with Crippen LogP contribution >= 0.6 is 11.3 Å². The van der Waals surface area contributed by atoms with E-state index in [0.29, 0.717) is 66.8 Å². The number of nitrogens with one attached hydrogen (secondary N) is 1. The number of piperidine rings is 1. The van der Waals surface area contributed by atoms with Crippen LogP contribution in [0.3, 0.4) is 0 Å². The van der Waals surface area contributed by atoms with Gasteiger partial charge in [0.05, 0.1) is 24.0 Å². The molecule has 2 N–H and O–H groups in total. The first-order valence-electron chi connectivity index (χ1n) is 21.3. The van der Waals surface area contributed by atoms with Gasteiger partial charge in [0.25, 0.3) is 5.91 Å². The normalized spacial score (nSPS) is 20.0. The molecule has 2 saturated heterocycles. The third-order valence-corrected chi connectivity index (χ3v) is 13.8. The first kappa shape index (κ1) is 38.8. The van der Waals surface area contributed by atoms with Crippen LogP contribution in [0.4, 0.5) is 15.2 Å². The highest BCUT2D eigenvalue weighted by Crippen LogP contribution is 2.34. The largest absolute Gasteiger partial charge is 0.389 e. The number of fused-ring (bicyclic) bond motifs is 2. The van der Waals surface area contributed by atoms with Crippen molar-refractivity contribution >= 4 is 44.9 Å². The molecule has 5 aromatic rings. The van der Waals surface area contributed by atoms with E-state index in [1.54, 1.807) is 30.2 Å². The number of rotatable bonds is 9. The van der Waals surface area contributed by atoms with Gasteiger partial charge in [0, 0.05) is 92.0 Å². The number of aromatic nitrogens is 5. The smallest absolute Gasteiger partial charge is 0.257 e. The Morgan fingerprint density at radius 3 is 2.36 bits per heavy atom. The maximum absolute atomic E-state index is 16.3. The third kappa shape index (κ3) is 8.15. The fraction of sp³-hybridized carbons (Fsp3) is 0.523. The number of piperazine rings is 1. The van der Waals surface area contributed by atoms with Gasteiger partial charge in [-0.25, -0.2) is 14.4 Å². The first-order valence-corrected chi connectivity index (χ1v) is 22.2. The molecule has 1 atom stereocenters. The van der Waals surface area contributed by atoms with Crippen molar-refractivity contribution in [2.45, 2.75) is 108 Å². The lowest BCUT2D eigenvalue weighted by atomic mass is 9.86. The topological polar surface area (TPSA) is 125 Å². The number of carbonyl (C=O) groups excluding carboxylic acids is 2. The molecule has 2 aromatic carbocycles. The molecule has 14 heteroatoms. The van der Waals surface area contributed by atoms with E-state index in [0.717, 1.165) is 49.4 Å². The van der Waals surface area contributed by atoms with Crippen molar-refractivity contribution in [1.29, 1.82) is 0 Å². The van der Waals surface area contributed by atoms with Gasteiger partial charge in [-0.05, 0) is 56.2 Å². The maximum atomic E-state index is 16.3. The molecule has 2 amide bonds. The van der Waals surface area contributed by atoms with Gasteiger partial charge in [0.1, 0.15) is 5.52 Å². The summed E-state index contributed by atoms with van der Waals surface area (Å²) in [6.45, 7) is 5.18. The molecule has 12 nitrogen and oxygen atoms in total. The number of aliphatic hydroxyl groups is 1. The van der Waals surface area contributed by atoms with E-state index in [-0.39, 0.29) is 23.8 Å². The summed E-state index contributed by atoms with van der Waals surface area (Å²) in [6.07, 6.45) is 18.9. The second kappa shape index (κ2) is 16.9. The highest BCUT2D eigenvalue weighted by Gasteiger charge is 2.38. The van der Waals surface area contributed by atoms with Crippen LogP contribution in [-0.4, -0.2) is 102 Å². The number of hydrogen-bond donors (Lipinski definition) is 2. The van der Waals surface area contributed by atoms with Crippen LogP contribution in [0.5, 0.6) is 0 Å². The minimum absolute atomic E-state index is 0.0435. The zero-order chi connectivity index (χ0) is 39.6. The van der Waals surface area contributed by atoms with Gasteiger partial charge in [-0.15, -0.1) is 11.3 Å². The van der Waals surface area contributed by atoms with Crippen LogP contribution in [0.1, 0.15) is 94.5 Å². The highest BCUT2D eigenvalue weighted by molar-refractivity contribution is 7.13. The van der Waals surface area contributed by atoms with E-state index in [1.807, 2.05) is 35.2 Å². The Kier molecular flexibility index (Phi) is 11.3. The number of anilines is 2. The summed E-state index contributed by atoms with van der Waals surface area (Å²) >= 11 is 1.33. The Balaban J connectivity index is 0.828. The number of nitrogens with zero attached hydrogens (tertiary/aromatic N) is 8.